The fourth-order valence-electron chi connectivity index (χ4n) is 8.19. The molecule has 0 saturated heterocycles. The first-order valence-electron chi connectivity index (χ1n) is 11.6. The number of pyridine rings is 1. The summed E-state index contributed by atoms with van der Waals surface area (Å²) in [6, 6.07) is 2.36. The molecule has 1 heterocycles. The summed E-state index contributed by atoms with van der Waals surface area (Å²) in [6.45, 7) is 7.48. The summed E-state index contributed by atoms with van der Waals surface area (Å²) in [7, 11) is 0. The maximum absolute atomic E-state index is 4.51. The largest absolute Gasteiger partial charge is 0.264 e. The van der Waals surface area contributed by atoms with Crippen LogP contribution in [-0.4, -0.2) is 4.98 Å². The monoisotopic (exact) mass is 363 g/mol. The van der Waals surface area contributed by atoms with Crippen molar-refractivity contribution in [1.29, 1.82) is 0 Å². The van der Waals surface area contributed by atoms with E-state index in [1.165, 1.54) is 75.3 Å². The molecule has 1 nitrogen and oxygen atoms in total. The summed E-state index contributed by atoms with van der Waals surface area (Å²) in [5.41, 5.74) is 5.32. The zero-order valence-corrected chi connectivity index (χ0v) is 17.6. The van der Waals surface area contributed by atoms with Gasteiger partial charge >= 0.3 is 0 Å². The first-order valence-corrected chi connectivity index (χ1v) is 11.6. The van der Waals surface area contributed by atoms with Crippen molar-refractivity contribution in [3.8, 4) is 0 Å². The summed E-state index contributed by atoms with van der Waals surface area (Å²) < 4.78 is 0. The van der Waals surface area contributed by atoms with Gasteiger partial charge < -0.3 is 0 Å². The van der Waals surface area contributed by atoms with Crippen LogP contribution in [0, 0.1) is 41.4 Å². The van der Waals surface area contributed by atoms with Gasteiger partial charge in [-0.15, -0.1) is 0 Å². The normalized spacial score (nSPS) is 43.9. The van der Waals surface area contributed by atoms with Crippen LogP contribution in [0.25, 0.3) is 5.57 Å². The Kier molecular flexibility index (Phi) is 4.30. The molecule has 27 heavy (non-hydrogen) atoms. The second-order valence-electron chi connectivity index (χ2n) is 10.8. The molecule has 4 aliphatic carbocycles. The number of fused-ring (bicyclic) bond motifs is 5. The van der Waals surface area contributed by atoms with Crippen molar-refractivity contribution in [2.45, 2.75) is 85.0 Å². The van der Waals surface area contributed by atoms with E-state index < -0.39 is 0 Å². The predicted octanol–water partition coefficient (Wildman–Crippen LogP) is 7.21. The van der Waals surface area contributed by atoms with Gasteiger partial charge in [-0.2, -0.15) is 0 Å². The van der Waals surface area contributed by atoms with Crippen LogP contribution >= 0.6 is 0 Å². The molecule has 0 aromatic carbocycles. The molecule has 6 atom stereocenters. The van der Waals surface area contributed by atoms with Gasteiger partial charge in [-0.25, -0.2) is 0 Å². The van der Waals surface area contributed by atoms with Crippen molar-refractivity contribution in [2.75, 3.05) is 0 Å². The van der Waals surface area contributed by atoms with Crippen molar-refractivity contribution in [3.05, 3.63) is 35.7 Å². The Bertz CT molecular complexity index is 748. The Morgan fingerprint density at radius 3 is 2.67 bits per heavy atom. The van der Waals surface area contributed by atoms with Crippen molar-refractivity contribution >= 4 is 5.57 Å². The average molecular weight is 364 g/mol. The van der Waals surface area contributed by atoms with Crippen LogP contribution in [0.5, 0.6) is 0 Å². The van der Waals surface area contributed by atoms with E-state index >= 15 is 0 Å². The first-order chi connectivity index (χ1) is 13.0. The van der Waals surface area contributed by atoms with Gasteiger partial charge in [0.15, 0.2) is 0 Å². The fraction of sp³-hybridized carbons (Fsp3) is 0.731. The quantitative estimate of drug-likeness (QED) is 0.514. The molecule has 0 spiro atoms. The maximum atomic E-state index is 4.51. The zero-order valence-electron chi connectivity index (χ0n) is 17.6. The second-order valence-corrected chi connectivity index (χ2v) is 10.8. The summed E-state index contributed by atoms with van der Waals surface area (Å²) in [4.78, 5) is 4.51. The van der Waals surface area contributed by atoms with Gasteiger partial charge in [0.2, 0.25) is 0 Å². The molecule has 5 rings (SSSR count). The molecule has 0 bridgehead atoms. The minimum absolute atomic E-state index is 0.380. The number of nitrogens with zero attached hydrogens (tertiary/aromatic N) is 1. The first kappa shape index (κ1) is 18.0. The zero-order chi connectivity index (χ0) is 18.6. The molecule has 3 fully saturated rings. The fourth-order valence-corrected chi connectivity index (χ4v) is 8.19. The number of aryl methyl sites for hydroxylation is 1. The highest BCUT2D eigenvalue weighted by molar-refractivity contribution is 5.72. The van der Waals surface area contributed by atoms with Crippen molar-refractivity contribution in [2.24, 2.45) is 34.5 Å². The van der Waals surface area contributed by atoms with E-state index in [1.807, 2.05) is 6.20 Å². The van der Waals surface area contributed by atoms with Gasteiger partial charge in [-0.05, 0) is 109 Å². The van der Waals surface area contributed by atoms with Crippen molar-refractivity contribution < 1.29 is 0 Å². The van der Waals surface area contributed by atoms with Gasteiger partial charge in [-0.1, -0.05) is 39.2 Å². The molecule has 146 valence electrons. The molecule has 0 N–H and O–H groups in total. The van der Waals surface area contributed by atoms with E-state index in [0.717, 1.165) is 23.7 Å². The molecule has 1 heteroatoms. The lowest BCUT2D eigenvalue weighted by Gasteiger charge is -2.59. The molecule has 4 aliphatic rings. The summed E-state index contributed by atoms with van der Waals surface area (Å²) in [5.74, 6) is 3.82. The Morgan fingerprint density at radius 2 is 1.81 bits per heavy atom. The predicted molar refractivity (Wildman–Crippen MR) is 113 cm³/mol. The highest BCUT2D eigenvalue weighted by Gasteiger charge is 2.57. The third-order valence-electron chi connectivity index (χ3n) is 9.60. The molecular formula is C26H37N. The highest BCUT2D eigenvalue weighted by Crippen LogP contribution is 2.67. The summed E-state index contributed by atoms with van der Waals surface area (Å²) in [5, 5.41) is 0. The van der Waals surface area contributed by atoms with Crippen LogP contribution in [0.2, 0.25) is 0 Å². The lowest BCUT2D eigenvalue weighted by atomic mass is 9.46. The Labute approximate surface area is 166 Å². The van der Waals surface area contributed by atoms with Gasteiger partial charge in [0.1, 0.15) is 0 Å². The standard InChI is InChI=1S/C26H37N/c1-18-15-19(17-27-16-18)22-10-11-23-21-9-8-20-7-5-4-6-13-25(20,2)24(21)12-14-26(22,23)3/h10,15-17,20-21,23-24H,4-9,11-14H2,1-3H3/t20-,21+,23+,24+,25+,26-/m1/s1. The number of hydrogen-bond donors (Lipinski definition) is 0. The third-order valence-corrected chi connectivity index (χ3v) is 9.60. The number of rotatable bonds is 1. The van der Waals surface area contributed by atoms with Crippen molar-refractivity contribution in [1.82, 2.24) is 4.98 Å². The highest BCUT2D eigenvalue weighted by atomic mass is 14.6. The third kappa shape index (κ3) is 2.67. The Morgan fingerprint density at radius 1 is 0.926 bits per heavy atom. The van der Waals surface area contributed by atoms with Crippen LogP contribution in [0.1, 0.15) is 89.2 Å². The molecule has 3 saturated carbocycles. The van der Waals surface area contributed by atoms with Gasteiger partial charge in [0.25, 0.3) is 0 Å². The SMILES string of the molecule is Cc1cncc(C2=CC[C@H]3[C@@H]4CC[C@H]5CCCCC[C@]5(C)[C@H]4CC[C@]23C)c1. The minimum Gasteiger partial charge on any atom is -0.264 e. The second kappa shape index (κ2) is 6.46. The maximum Gasteiger partial charge on any atom is 0.0343 e. The lowest BCUT2D eigenvalue weighted by Crippen LogP contribution is -2.51. The van der Waals surface area contributed by atoms with E-state index in [1.54, 1.807) is 5.57 Å². The summed E-state index contributed by atoms with van der Waals surface area (Å²) in [6.07, 6.45) is 21.3. The Balaban J connectivity index is 1.45. The molecular weight excluding hydrogens is 326 g/mol. The van der Waals surface area contributed by atoms with Crippen molar-refractivity contribution in [3.63, 3.8) is 0 Å². The number of hydrogen-bond acceptors (Lipinski definition) is 1. The minimum atomic E-state index is 0.380. The number of aromatic nitrogens is 1. The van der Waals surface area contributed by atoms with Crippen LogP contribution in [0.4, 0.5) is 0 Å². The Hall–Kier alpha value is -1.11. The summed E-state index contributed by atoms with van der Waals surface area (Å²) >= 11 is 0. The molecule has 0 amide bonds. The van der Waals surface area contributed by atoms with Gasteiger partial charge in [-0.3, -0.25) is 4.98 Å². The molecule has 1 aromatic rings. The van der Waals surface area contributed by atoms with E-state index in [0.29, 0.717) is 10.8 Å². The average Bonchev–Trinajstić information content (AvgIpc) is 2.88. The molecule has 0 aliphatic heterocycles. The van der Waals surface area contributed by atoms with E-state index in [-0.39, 0.29) is 0 Å². The van der Waals surface area contributed by atoms with Gasteiger partial charge in [0.05, 0.1) is 0 Å². The van der Waals surface area contributed by atoms with Crippen LogP contribution in [0.3, 0.4) is 0 Å². The molecule has 0 radical (unpaired) electrons. The van der Waals surface area contributed by atoms with E-state index in [4.69, 9.17) is 0 Å². The number of allylic oxidation sites excluding steroid dienone is 2. The van der Waals surface area contributed by atoms with E-state index in [2.05, 4.69) is 44.1 Å². The lowest BCUT2D eigenvalue weighted by molar-refractivity contribution is -0.0808. The molecule has 1 aromatic heterocycles. The van der Waals surface area contributed by atoms with Crippen LogP contribution in [-0.2, 0) is 0 Å². The van der Waals surface area contributed by atoms with Gasteiger partial charge in [0, 0.05) is 12.4 Å². The molecule has 0 unspecified atom stereocenters. The topological polar surface area (TPSA) is 12.9 Å². The van der Waals surface area contributed by atoms with Crippen LogP contribution in [0.15, 0.2) is 24.5 Å². The smallest absolute Gasteiger partial charge is 0.0343 e. The van der Waals surface area contributed by atoms with E-state index in [9.17, 15) is 0 Å². The van der Waals surface area contributed by atoms with Crippen LogP contribution < -0.4 is 0 Å².